The molecule has 1 heterocycles. The summed E-state index contributed by atoms with van der Waals surface area (Å²) in [5.74, 6) is -0.160. The van der Waals surface area contributed by atoms with E-state index in [2.05, 4.69) is 11.4 Å². The molecule has 1 aliphatic heterocycles. The molecule has 1 saturated heterocycles. The number of ether oxygens (including phenoxy) is 1. The Bertz CT molecular complexity index is 371. The van der Waals surface area contributed by atoms with Crippen LogP contribution in [0.1, 0.15) is 32.6 Å². The van der Waals surface area contributed by atoms with Crippen molar-refractivity contribution in [3.8, 4) is 0 Å². The standard InChI is InChI=1S/C12H17NO4/c1-12(7-17-12)10(14)9(13-11(15)16)6-8-4-2-3-5-8/h4,9,13H,2-3,5-7H2,1H3,(H,15,16)/t9-,12+/m0/s1. The number of allylic oxidation sites excluding steroid dienone is 1. The van der Waals surface area contributed by atoms with Gasteiger partial charge in [-0.15, -0.1) is 0 Å². The van der Waals surface area contributed by atoms with Gasteiger partial charge in [0.15, 0.2) is 5.78 Å². The van der Waals surface area contributed by atoms with Crippen LogP contribution in [0.25, 0.3) is 0 Å². The second-order valence-corrected chi connectivity index (χ2v) is 4.84. The second-order valence-electron chi connectivity index (χ2n) is 4.84. The molecule has 0 saturated carbocycles. The highest BCUT2D eigenvalue weighted by Gasteiger charge is 2.50. The Hall–Kier alpha value is -1.36. The van der Waals surface area contributed by atoms with Crippen molar-refractivity contribution in [2.24, 2.45) is 0 Å². The van der Waals surface area contributed by atoms with Crippen LogP contribution in [0.2, 0.25) is 0 Å². The van der Waals surface area contributed by atoms with E-state index in [9.17, 15) is 9.59 Å². The van der Waals surface area contributed by atoms with Crippen molar-refractivity contribution in [3.05, 3.63) is 11.6 Å². The molecule has 0 aromatic rings. The van der Waals surface area contributed by atoms with Gasteiger partial charge in [-0.3, -0.25) is 4.79 Å². The highest BCUT2D eigenvalue weighted by atomic mass is 16.6. The lowest BCUT2D eigenvalue weighted by Gasteiger charge is -2.18. The highest BCUT2D eigenvalue weighted by Crippen LogP contribution is 2.31. The van der Waals surface area contributed by atoms with Crippen molar-refractivity contribution >= 4 is 11.9 Å². The van der Waals surface area contributed by atoms with Crippen LogP contribution in [0, 0.1) is 0 Å². The van der Waals surface area contributed by atoms with E-state index in [0.29, 0.717) is 13.0 Å². The van der Waals surface area contributed by atoms with Gasteiger partial charge in [-0.05, 0) is 32.6 Å². The molecule has 5 heteroatoms. The van der Waals surface area contributed by atoms with Crippen molar-refractivity contribution < 1.29 is 19.4 Å². The van der Waals surface area contributed by atoms with Crippen molar-refractivity contribution in [2.75, 3.05) is 6.61 Å². The average molecular weight is 239 g/mol. The molecule has 0 unspecified atom stereocenters. The number of carboxylic acid groups (broad SMARTS) is 1. The summed E-state index contributed by atoms with van der Waals surface area (Å²) >= 11 is 0. The Morgan fingerprint density at radius 3 is 2.82 bits per heavy atom. The first kappa shape index (κ1) is 12.1. The number of epoxide rings is 1. The van der Waals surface area contributed by atoms with Crippen LogP contribution in [0.15, 0.2) is 11.6 Å². The van der Waals surface area contributed by atoms with E-state index in [4.69, 9.17) is 9.84 Å². The number of carbonyl (C=O) groups excluding carboxylic acids is 1. The highest BCUT2D eigenvalue weighted by molar-refractivity contribution is 5.95. The fourth-order valence-electron chi connectivity index (χ4n) is 2.16. The third-order valence-electron chi connectivity index (χ3n) is 3.31. The monoisotopic (exact) mass is 239 g/mol. The van der Waals surface area contributed by atoms with Gasteiger partial charge in [0.1, 0.15) is 5.60 Å². The zero-order valence-electron chi connectivity index (χ0n) is 9.86. The van der Waals surface area contributed by atoms with Crippen LogP contribution in [0.4, 0.5) is 4.79 Å². The molecule has 1 fully saturated rings. The van der Waals surface area contributed by atoms with E-state index in [1.165, 1.54) is 5.57 Å². The minimum atomic E-state index is -1.16. The smallest absolute Gasteiger partial charge is 0.405 e. The summed E-state index contributed by atoms with van der Waals surface area (Å²) < 4.78 is 5.08. The van der Waals surface area contributed by atoms with Gasteiger partial charge in [-0.25, -0.2) is 4.79 Å². The van der Waals surface area contributed by atoms with E-state index in [1.54, 1.807) is 6.92 Å². The Morgan fingerprint density at radius 2 is 2.35 bits per heavy atom. The lowest BCUT2D eigenvalue weighted by Crippen LogP contribution is -2.45. The van der Waals surface area contributed by atoms with E-state index < -0.39 is 17.7 Å². The molecule has 5 nitrogen and oxygen atoms in total. The number of ketones is 1. The summed E-state index contributed by atoms with van der Waals surface area (Å²) in [6.45, 7) is 2.09. The summed E-state index contributed by atoms with van der Waals surface area (Å²) in [7, 11) is 0. The Labute approximate surface area is 99.8 Å². The van der Waals surface area contributed by atoms with Crippen LogP contribution < -0.4 is 5.32 Å². The third-order valence-corrected chi connectivity index (χ3v) is 3.31. The molecule has 1 amide bonds. The topological polar surface area (TPSA) is 78.9 Å². The van der Waals surface area contributed by atoms with Crippen LogP contribution in [0.5, 0.6) is 0 Å². The molecule has 1 aliphatic carbocycles. The van der Waals surface area contributed by atoms with Crippen molar-refractivity contribution in [3.63, 3.8) is 0 Å². The fourth-order valence-corrected chi connectivity index (χ4v) is 2.16. The molecule has 2 atom stereocenters. The molecule has 0 aromatic heterocycles. The lowest BCUT2D eigenvalue weighted by atomic mass is 9.95. The number of Topliss-reactive ketones (excluding diaryl/α,β-unsaturated/α-hetero) is 1. The molecule has 17 heavy (non-hydrogen) atoms. The SMILES string of the molecule is C[C@]1(C(=O)[C@H](CC2=CCCC2)NC(=O)O)CO1. The van der Waals surface area contributed by atoms with E-state index in [0.717, 1.165) is 19.3 Å². The molecule has 0 spiro atoms. The maximum absolute atomic E-state index is 12.1. The van der Waals surface area contributed by atoms with Crippen LogP contribution >= 0.6 is 0 Å². The maximum Gasteiger partial charge on any atom is 0.405 e. The number of hydrogen-bond acceptors (Lipinski definition) is 3. The molecular weight excluding hydrogens is 222 g/mol. The van der Waals surface area contributed by atoms with Crippen molar-refractivity contribution in [2.45, 2.75) is 44.2 Å². The number of amides is 1. The molecule has 2 aliphatic rings. The van der Waals surface area contributed by atoms with Gasteiger partial charge < -0.3 is 15.2 Å². The first-order chi connectivity index (χ1) is 8.01. The number of hydrogen-bond donors (Lipinski definition) is 2. The van der Waals surface area contributed by atoms with Crippen LogP contribution in [0.3, 0.4) is 0 Å². The number of rotatable bonds is 5. The molecule has 94 valence electrons. The predicted molar refractivity (Wildman–Crippen MR) is 60.9 cm³/mol. The zero-order valence-corrected chi connectivity index (χ0v) is 9.86. The Morgan fingerprint density at radius 1 is 1.65 bits per heavy atom. The Kier molecular flexibility index (Phi) is 3.19. The molecule has 0 aromatic carbocycles. The van der Waals surface area contributed by atoms with Gasteiger partial charge in [0.2, 0.25) is 0 Å². The fraction of sp³-hybridized carbons (Fsp3) is 0.667. The van der Waals surface area contributed by atoms with Crippen molar-refractivity contribution in [1.82, 2.24) is 5.32 Å². The minimum absolute atomic E-state index is 0.160. The number of nitrogens with one attached hydrogen (secondary N) is 1. The van der Waals surface area contributed by atoms with Crippen molar-refractivity contribution in [1.29, 1.82) is 0 Å². The summed E-state index contributed by atoms with van der Waals surface area (Å²) in [6, 6.07) is -0.677. The second kappa shape index (κ2) is 4.49. The average Bonchev–Trinajstić information content (AvgIpc) is 2.80. The largest absolute Gasteiger partial charge is 0.465 e. The molecule has 0 radical (unpaired) electrons. The summed E-state index contributed by atoms with van der Waals surface area (Å²) in [6.07, 6.45) is 4.49. The van der Waals surface area contributed by atoms with E-state index in [1.807, 2.05) is 0 Å². The van der Waals surface area contributed by atoms with Gasteiger partial charge in [0.05, 0.1) is 12.6 Å². The van der Waals surface area contributed by atoms with Gasteiger partial charge in [-0.1, -0.05) is 11.6 Å². The zero-order chi connectivity index (χ0) is 12.5. The van der Waals surface area contributed by atoms with Gasteiger partial charge >= 0.3 is 6.09 Å². The van der Waals surface area contributed by atoms with Gasteiger partial charge in [0, 0.05) is 0 Å². The normalized spacial score (nSPS) is 28.4. The first-order valence-corrected chi connectivity index (χ1v) is 5.87. The quantitative estimate of drug-likeness (QED) is 0.562. The minimum Gasteiger partial charge on any atom is -0.465 e. The van der Waals surface area contributed by atoms with Crippen LogP contribution in [-0.2, 0) is 9.53 Å². The molecule has 2 N–H and O–H groups in total. The Balaban J connectivity index is 2.01. The van der Waals surface area contributed by atoms with E-state index in [-0.39, 0.29) is 5.78 Å². The summed E-state index contributed by atoms with van der Waals surface area (Å²) in [5.41, 5.74) is 0.396. The maximum atomic E-state index is 12.1. The third kappa shape index (κ3) is 2.85. The lowest BCUT2D eigenvalue weighted by molar-refractivity contribution is -0.125. The molecule has 0 bridgehead atoms. The summed E-state index contributed by atoms with van der Waals surface area (Å²) in [4.78, 5) is 22.8. The number of carbonyl (C=O) groups is 2. The summed E-state index contributed by atoms with van der Waals surface area (Å²) in [5, 5.41) is 11.1. The predicted octanol–water partition coefficient (Wildman–Crippen LogP) is 1.48. The van der Waals surface area contributed by atoms with E-state index >= 15 is 0 Å². The van der Waals surface area contributed by atoms with Gasteiger partial charge in [-0.2, -0.15) is 0 Å². The first-order valence-electron chi connectivity index (χ1n) is 5.87. The molecule has 2 rings (SSSR count). The molecular formula is C12H17NO4. The van der Waals surface area contributed by atoms with Crippen LogP contribution in [-0.4, -0.2) is 35.2 Å². The van der Waals surface area contributed by atoms with Gasteiger partial charge in [0.25, 0.3) is 0 Å².